The number of nitrogens with one attached hydrogen (secondary N) is 1. The van der Waals surface area contributed by atoms with Gasteiger partial charge in [0.25, 0.3) is 5.91 Å². The van der Waals surface area contributed by atoms with Crippen LogP contribution in [0.4, 0.5) is 0 Å². The molecule has 1 heterocycles. The molecule has 1 atom stereocenters. The van der Waals surface area contributed by atoms with Crippen LogP contribution in [0.1, 0.15) is 24.8 Å². The highest BCUT2D eigenvalue weighted by molar-refractivity contribution is 5.77. The van der Waals surface area contributed by atoms with E-state index in [2.05, 4.69) is 12.2 Å². The molecule has 1 unspecified atom stereocenters. The van der Waals surface area contributed by atoms with Gasteiger partial charge in [-0.25, -0.2) is 0 Å². The maximum atomic E-state index is 12.3. The Morgan fingerprint density at radius 1 is 1.21 bits per heavy atom. The van der Waals surface area contributed by atoms with E-state index in [1.165, 1.54) is 31.4 Å². The average Bonchev–Trinajstić information content (AvgIpc) is 2.62. The second-order valence-electron chi connectivity index (χ2n) is 7.09. The molecule has 0 saturated carbocycles. The molecule has 1 aromatic rings. The molecular weight excluding hydrogens is 300 g/mol. The number of allylic oxidation sites excluding steroid dienone is 2. The molecule has 1 fully saturated rings. The van der Waals surface area contributed by atoms with E-state index in [1.54, 1.807) is 4.90 Å². The van der Waals surface area contributed by atoms with Crippen molar-refractivity contribution in [1.29, 1.82) is 0 Å². The first-order valence-corrected chi connectivity index (χ1v) is 9.16. The lowest BCUT2D eigenvalue weighted by Crippen LogP contribution is -3.15. The first-order valence-electron chi connectivity index (χ1n) is 9.16. The van der Waals surface area contributed by atoms with Gasteiger partial charge >= 0.3 is 0 Å². The van der Waals surface area contributed by atoms with Gasteiger partial charge < -0.3 is 14.5 Å². The van der Waals surface area contributed by atoms with Gasteiger partial charge in [-0.2, -0.15) is 0 Å². The van der Waals surface area contributed by atoms with Gasteiger partial charge in [0.05, 0.1) is 32.7 Å². The van der Waals surface area contributed by atoms with Crippen LogP contribution in [0.2, 0.25) is 0 Å². The van der Waals surface area contributed by atoms with Crippen LogP contribution in [0, 0.1) is 12.8 Å². The van der Waals surface area contributed by atoms with Crippen LogP contribution in [-0.4, -0.2) is 50.1 Å². The van der Waals surface area contributed by atoms with Crippen LogP contribution in [0.3, 0.4) is 0 Å². The Bertz CT molecular complexity index is 560. The second-order valence-corrected chi connectivity index (χ2v) is 7.09. The Hall–Kier alpha value is -1.81. The molecule has 4 nitrogen and oxygen atoms in total. The highest BCUT2D eigenvalue weighted by Crippen LogP contribution is 2.16. The van der Waals surface area contributed by atoms with E-state index < -0.39 is 0 Å². The van der Waals surface area contributed by atoms with Crippen molar-refractivity contribution >= 4 is 5.91 Å². The van der Waals surface area contributed by atoms with Crippen molar-refractivity contribution in [2.45, 2.75) is 26.2 Å². The van der Waals surface area contributed by atoms with Crippen molar-refractivity contribution in [3.63, 3.8) is 0 Å². The molecule has 3 rings (SSSR count). The normalized spacial score (nSPS) is 21.7. The number of hydrogen-bond donors (Lipinski definition) is 1. The number of hydrogen-bond acceptors (Lipinski definition) is 2. The van der Waals surface area contributed by atoms with E-state index in [0.717, 1.165) is 37.8 Å². The quantitative estimate of drug-likeness (QED) is 0.830. The van der Waals surface area contributed by atoms with Crippen LogP contribution >= 0.6 is 0 Å². The van der Waals surface area contributed by atoms with E-state index in [9.17, 15) is 4.79 Å². The third-order valence-corrected chi connectivity index (χ3v) is 5.16. The monoisotopic (exact) mass is 329 g/mol. The summed E-state index contributed by atoms with van der Waals surface area (Å²) in [6, 6.07) is 7.84. The first kappa shape index (κ1) is 17.0. The molecule has 1 aliphatic heterocycles. The Morgan fingerprint density at radius 3 is 2.62 bits per heavy atom. The molecule has 130 valence electrons. The third-order valence-electron chi connectivity index (χ3n) is 5.16. The summed E-state index contributed by atoms with van der Waals surface area (Å²) in [6.45, 7) is 7.29. The predicted molar refractivity (Wildman–Crippen MR) is 95.3 cm³/mol. The highest BCUT2D eigenvalue weighted by atomic mass is 16.5. The number of amides is 1. The maximum Gasteiger partial charge on any atom is 0.260 e. The van der Waals surface area contributed by atoms with Gasteiger partial charge in [-0.05, 0) is 38.3 Å². The summed E-state index contributed by atoms with van der Waals surface area (Å²) >= 11 is 0. The smallest absolute Gasteiger partial charge is 0.260 e. The van der Waals surface area contributed by atoms with Crippen LogP contribution in [0.5, 0.6) is 5.75 Å². The minimum absolute atomic E-state index is 0.107. The molecular formula is C20H29N2O2+. The zero-order valence-corrected chi connectivity index (χ0v) is 14.7. The number of carbonyl (C=O) groups excluding carboxylic acids is 1. The number of quaternary nitrogens is 1. The lowest BCUT2D eigenvalue weighted by Gasteiger charge is -2.34. The van der Waals surface area contributed by atoms with Gasteiger partial charge in [0.15, 0.2) is 6.61 Å². The molecule has 1 N–H and O–H groups in total. The van der Waals surface area contributed by atoms with Gasteiger partial charge in [-0.3, -0.25) is 4.79 Å². The lowest BCUT2D eigenvalue weighted by molar-refractivity contribution is -0.907. The fourth-order valence-corrected chi connectivity index (χ4v) is 3.60. The topological polar surface area (TPSA) is 34.0 Å². The summed E-state index contributed by atoms with van der Waals surface area (Å²) in [5.41, 5.74) is 1.20. The van der Waals surface area contributed by atoms with Crippen molar-refractivity contribution in [2.24, 2.45) is 5.92 Å². The SMILES string of the molecule is Cc1ccc(OCC(=O)N2CC[NH+](CC3CC=CCC3)CC2)cc1. The number of benzene rings is 1. The van der Waals surface area contributed by atoms with Crippen LogP contribution in [0.25, 0.3) is 0 Å². The molecule has 1 aromatic carbocycles. The Labute approximate surface area is 145 Å². The maximum absolute atomic E-state index is 12.3. The molecule has 1 amide bonds. The van der Waals surface area contributed by atoms with Crippen LogP contribution in [0.15, 0.2) is 36.4 Å². The van der Waals surface area contributed by atoms with E-state index in [1.807, 2.05) is 36.1 Å². The summed E-state index contributed by atoms with van der Waals surface area (Å²) in [5.74, 6) is 1.70. The Balaban J connectivity index is 1.38. The van der Waals surface area contributed by atoms with E-state index >= 15 is 0 Å². The molecule has 1 saturated heterocycles. The number of nitrogens with zero attached hydrogens (tertiary/aromatic N) is 1. The number of piperazine rings is 1. The third kappa shape index (κ3) is 4.84. The fraction of sp³-hybridized carbons (Fsp3) is 0.550. The minimum atomic E-state index is 0.107. The standard InChI is InChI=1S/C20H28N2O2/c1-17-7-9-19(10-8-17)24-16-20(23)22-13-11-21(12-14-22)15-18-5-3-2-4-6-18/h2-3,7-10,18H,4-6,11-16H2,1H3/p+1. The van der Waals surface area contributed by atoms with Gasteiger partial charge in [-0.1, -0.05) is 29.8 Å². The Kier molecular flexibility index (Phi) is 5.91. The fourth-order valence-electron chi connectivity index (χ4n) is 3.60. The van der Waals surface area contributed by atoms with Crippen molar-refractivity contribution in [3.8, 4) is 5.75 Å². The zero-order valence-electron chi connectivity index (χ0n) is 14.7. The van der Waals surface area contributed by atoms with Gasteiger partial charge in [0.2, 0.25) is 0 Å². The summed E-state index contributed by atoms with van der Waals surface area (Å²) < 4.78 is 5.62. The number of carbonyl (C=O) groups is 1. The molecule has 0 aromatic heterocycles. The molecule has 0 spiro atoms. The second kappa shape index (κ2) is 8.34. The van der Waals surface area contributed by atoms with Gasteiger partial charge in [-0.15, -0.1) is 0 Å². The predicted octanol–water partition coefficient (Wildman–Crippen LogP) is 1.46. The number of aryl methyl sites for hydroxylation is 1. The zero-order chi connectivity index (χ0) is 16.8. The van der Waals surface area contributed by atoms with Crippen LogP contribution < -0.4 is 9.64 Å². The van der Waals surface area contributed by atoms with Crippen molar-refractivity contribution in [1.82, 2.24) is 4.90 Å². The summed E-state index contributed by atoms with van der Waals surface area (Å²) in [6.07, 6.45) is 8.43. The van der Waals surface area contributed by atoms with Crippen molar-refractivity contribution in [2.75, 3.05) is 39.3 Å². The number of ether oxygens (including phenoxy) is 1. The van der Waals surface area contributed by atoms with Gasteiger partial charge in [0.1, 0.15) is 5.75 Å². The molecule has 1 aliphatic carbocycles. The van der Waals surface area contributed by atoms with Gasteiger partial charge in [0, 0.05) is 5.92 Å². The highest BCUT2D eigenvalue weighted by Gasteiger charge is 2.26. The van der Waals surface area contributed by atoms with Crippen molar-refractivity contribution in [3.05, 3.63) is 42.0 Å². The van der Waals surface area contributed by atoms with E-state index in [4.69, 9.17) is 4.74 Å². The van der Waals surface area contributed by atoms with Crippen LogP contribution in [-0.2, 0) is 4.79 Å². The first-order chi connectivity index (χ1) is 11.7. The average molecular weight is 329 g/mol. The molecule has 0 radical (unpaired) electrons. The number of rotatable bonds is 5. The Morgan fingerprint density at radius 2 is 1.96 bits per heavy atom. The van der Waals surface area contributed by atoms with Crippen molar-refractivity contribution < 1.29 is 14.4 Å². The molecule has 2 aliphatic rings. The molecule has 24 heavy (non-hydrogen) atoms. The molecule has 0 bridgehead atoms. The summed E-state index contributed by atoms with van der Waals surface area (Å²) in [5, 5.41) is 0. The summed E-state index contributed by atoms with van der Waals surface area (Å²) in [4.78, 5) is 15.9. The summed E-state index contributed by atoms with van der Waals surface area (Å²) in [7, 11) is 0. The molecule has 4 heteroatoms. The van der Waals surface area contributed by atoms with E-state index in [0.29, 0.717) is 0 Å². The lowest BCUT2D eigenvalue weighted by atomic mass is 9.94. The largest absolute Gasteiger partial charge is 0.484 e. The van der Waals surface area contributed by atoms with E-state index in [-0.39, 0.29) is 12.5 Å². The minimum Gasteiger partial charge on any atom is -0.484 e.